The molecule has 0 fully saturated rings. The third-order valence-corrected chi connectivity index (χ3v) is 3.38. The average Bonchev–Trinajstić information content (AvgIpc) is 2.27. The van der Waals surface area contributed by atoms with Gasteiger partial charge in [-0.1, -0.05) is 57.8 Å². The lowest BCUT2D eigenvalue weighted by molar-refractivity contribution is 0.241. The van der Waals surface area contributed by atoms with Crippen LogP contribution >= 0.6 is 23.2 Å². The summed E-state index contributed by atoms with van der Waals surface area (Å²) in [5, 5.41) is 4.58. The Balaban J connectivity index is 2.81. The molecule has 1 aromatic rings. The molecule has 0 amide bonds. The summed E-state index contributed by atoms with van der Waals surface area (Å²) in [5.41, 5.74) is 1.25. The Kier molecular flexibility index (Phi) is 6.63. The van der Waals surface area contributed by atoms with Crippen molar-refractivity contribution < 1.29 is 4.74 Å². The van der Waals surface area contributed by atoms with Crippen molar-refractivity contribution >= 4 is 23.2 Å². The number of hydrogen-bond donors (Lipinski definition) is 1. The summed E-state index contributed by atoms with van der Waals surface area (Å²) in [7, 11) is 0. The maximum atomic E-state index is 6.26. The van der Waals surface area contributed by atoms with Gasteiger partial charge in [-0.3, -0.25) is 0 Å². The van der Waals surface area contributed by atoms with Gasteiger partial charge in [0.1, 0.15) is 5.75 Å². The van der Waals surface area contributed by atoms with Crippen molar-refractivity contribution in [3.05, 3.63) is 27.7 Å². The molecule has 0 aliphatic rings. The molecule has 0 atom stereocenters. The van der Waals surface area contributed by atoms with Crippen LogP contribution in [0, 0.1) is 5.41 Å². The van der Waals surface area contributed by atoms with Gasteiger partial charge in [-0.15, -0.1) is 0 Å². The van der Waals surface area contributed by atoms with E-state index in [2.05, 4.69) is 39.9 Å². The zero-order valence-electron chi connectivity index (χ0n) is 13.0. The first-order valence-electron chi connectivity index (χ1n) is 7.03. The molecule has 20 heavy (non-hydrogen) atoms. The predicted molar refractivity (Wildman–Crippen MR) is 88.0 cm³/mol. The highest BCUT2D eigenvalue weighted by atomic mass is 35.5. The average molecular weight is 318 g/mol. The van der Waals surface area contributed by atoms with E-state index in [9.17, 15) is 0 Å². The second kappa shape index (κ2) is 7.53. The summed E-state index contributed by atoms with van der Waals surface area (Å²) in [5.74, 6) is 0.744. The lowest BCUT2D eigenvalue weighted by Crippen LogP contribution is -2.22. The maximum Gasteiger partial charge on any atom is 0.142 e. The minimum absolute atomic E-state index is 0.245. The number of rotatable bonds is 6. The summed E-state index contributed by atoms with van der Waals surface area (Å²) in [6.07, 6.45) is 0.975. The third-order valence-electron chi connectivity index (χ3n) is 2.88. The van der Waals surface area contributed by atoms with E-state index in [1.54, 1.807) is 6.07 Å². The molecule has 0 heterocycles. The second-order valence-electron chi connectivity index (χ2n) is 6.57. The molecule has 4 heteroatoms. The summed E-state index contributed by atoms with van der Waals surface area (Å²) >= 11 is 12.3. The molecule has 1 rings (SSSR count). The van der Waals surface area contributed by atoms with Gasteiger partial charge in [-0.25, -0.2) is 0 Å². The van der Waals surface area contributed by atoms with E-state index >= 15 is 0 Å². The van der Waals surface area contributed by atoms with Gasteiger partial charge in [0.2, 0.25) is 0 Å². The number of nitrogens with one attached hydrogen (secondary N) is 1. The Morgan fingerprint density at radius 2 is 1.85 bits per heavy atom. The van der Waals surface area contributed by atoms with E-state index in [0.717, 1.165) is 17.7 Å². The van der Waals surface area contributed by atoms with Gasteiger partial charge in [-0.05, 0) is 24.0 Å². The Labute approximate surface area is 132 Å². The minimum atomic E-state index is 0.245. The molecule has 2 nitrogen and oxygen atoms in total. The van der Waals surface area contributed by atoms with Crippen molar-refractivity contribution in [1.29, 1.82) is 0 Å². The molecule has 1 aromatic carbocycles. The van der Waals surface area contributed by atoms with Crippen LogP contribution in [-0.2, 0) is 6.54 Å². The molecule has 114 valence electrons. The van der Waals surface area contributed by atoms with Gasteiger partial charge < -0.3 is 10.1 Å². The Bertz CT molecular complexity index is 439. The zero-order valence-corrected chi connectivity index (χ0v) is 14.5. The lowest BCUT2D eigenvalue weighted by atomic mass is 9.93. The van der Waals surface area contributed by atoms with E-state index < -0.39 is 0 Å². The maximum absolute atomic E-state index is 6.26. The smallest absolute Gasteiger partial charge is 0.142 e. The van der Waals surface area contributed by atoms with Crippen LogP contribution in [0.5, 0.6) is 5.75 Å². The van der Waals surface area contributed by atoms with Crippen LogP contribution in [0.25, 0.3) is 0 Å². The van der Waals surface area contributed by atoms with Crippen molar-refractivity contribution in [3.63, 3.8) is 0 Å². The standard InChI is InChI=1S/C16H25Cl2NO/c1-11(2)19-10-12-8-13(17)9-14(18)15(12)20-7-6-16(3,4)5/h8-9,11,19H,6-7,10H2,1-5H3. The third kappa shape index (κ3) is 6.34. The SMILES string of the molecule is CC(C)NCc1cc(Cl)cc(Cl)c1OCCC(C)(C)C. The highest BCUT2D eigenvalue weighted by Crippen LogP contribution is 2.33. The monoisotopic (exact) mass is 317 g/mol. The fraction of sp³-hybridized carbons (Fsp3) is 0.625. The molecule has 0 bridgehead atoms. The Hall–Kier alpha value is -0.440. The van der Waals surface area contributed by atoms with Gasteiger partial charge in [0.05, 0.1) is 11.6 Å². The topological polar surface area (TPSA) is 21.3 Å². The number of benzene rings is 1. The summed E-state index contributed by atoms with van der Waals surface area (Å²) in [6, 6.07) is 4.04. The first-order chi connectivity index (χ1) is 9.19. The highest BCUT2D eigenvalue weighted by molar-refractivity contribution is 6.35. The van der Waals surface area contributed by atoms with Crippen LogP contribution in [0.2, 0.25) is 10.0 Å². The molecule has 0 aliphatic heterocycles. The van der Waals surface area contributed by atoms with Crippen molar-refractivity contribution in [2.24, 2.45) is 5.41 Å². The molecule has 0 unspecified atom stereocenters. The molecule has 0 radical (unpaired) electrons. The molecule has 0 spiro atoms. The van der Waals surface area contributed by atoms with Gasteiger partial charge in [0.25, 0.3) is 0 Å². The van der Waals surface area contributed by atoms with E-state index in [-0.39, 0.29) is 5.41 Å². The zero-order chi connectivity index (χ0) is 15.3. The fourth-order valence-corrected chi connectivity index (χ4v) is 2.27. The molecule has 0 saturated heterocycles. The lowest BCUT2D eigenvalue weighted by Gasteiger charge is -2.20. The second-order valence-corrected chi connectivity index (χ2v) is 7.41. The van der Waals surface area contributed by atoms with E-state index in [1.165, 1.54) is 0 Å². The molecule has 0 saturated carbocycles. The number of ether oxygens (including phenoxy) is 1. The first-order valence-corrected chi connectivity index (χ1v) is 7.79. The highest BCUT2D eigenvalue weighted by Gasteiger charge is 2.14. The van der Waals surface area contributed by atoms with Crippen LogP contribution < -0.4 is 10.1 Å². The van der Waals surface area contributed by atoms with Gasteiger partial charge in [0.15, 0.2) is 0 Å². The Morgan fingerprint density at radius 3 is 2.40 bits per heavy atom. The van der Waals surface area contributed by atoms with Crippen LogP contribution in [0.3, 0.4) is 0 Å². The number of halogens is 2. The largest absolute Gasteiger partial charge is 0.492 e. The predicted octanol–water partition coefficient (Wildman–Crippen LogP) is 5.31. The number of hydrogen-bond acceptors (Lipinski definition) is 2. The van der Waals surface area contributed by atoms with Crippen LogP contribution in [0.1, 0.15) is 46.6 Å². The normalized spacial score (nSPS) is 12.0. The van der Waals surface area contributed by atoms with E-state index in [1.807, 2.05) is 6.07 Å². The van der Waals surface area contributed by atoms with Gasteiger partial charge in [0, 0.05) is 23.2 Å². The van der Waals surface area contributed by atoms with Crippen LogP contribution in [0.15, 0.2) is 12.1 Å². The van der Waals surface area contributed by atoms with Crippen molar-refractivity contribution in [2.45, 2.75) is 53.6 Å². The fourth-order valence-electron chi connectivity index (χ4n) is 1.68. The van der Waals surface area contributed by atoms with Gasteiger partial charge in [-0.2, -0.15) is 0 Å². The van der Waals surface area contributed by atoms with Crippen LogP contribution in [-0.4, -0.2) is 12.6 Å². The molecule has 0 aromatic heterocycles. The van der Waals surface area contributed by atoms with E-state index in [0.29, 0.717) is 29.2 Å². The van der Waals surface area contributed by atoms with Crippen molar-refractivity contribution in [1.82, 2.24) is 5.32 Å². The van der Waals surface area contributed by atoms with Crippen molar-refractivity contribution in [3.8, 4) is 5.75 Å². The molecular formula is C16H25Cl2NO. The van der Waals surface area contributed by atoms with Crippen molar-refractivity contribution in [2.75, 3.05) is 6.61 Å². The summed E-state index contributed by atoms with van der Waals surface area (Å²) in [6.45, 7) is 12.1. The summed E-state index contributed by atoms with van der Waals surface area (Å²) in [4.78, 5) is 0. The minimum Gasteiger partial charge on any atom is -0.492 e. The van der Waals surface area contributed by atoms with Gasteiger partial charge >= 0.3 is 0 Å². The Morgan fingerprint density at radius 1 is 1.20 bits per heavy atom. The molecular weight excluding hydrogens is 293 g/mol. The summed E-state index contributed by atoms with van der Waals surface area (Å²) < 4.78 is 5.90. The molecule has 1 N–H and O–H groups in total. The van der Waals surface area contributed by atoms with E-state index in [4.69, 9.17) is 27.9 Å². The molecule has 0 aliphatic carbocycles. The van der Waals surface area contributed by atoms with Crippen LogP contribution in [0.4, 0.5) is 0 Å². The quantitative estimate of drug-likeness (QED) is 0.768. The first kappa shape index (κ1) is 17.6.